The van der Waals surface area contributed by atoms with E-state index in [-0.39, 0.29) is 34.9 Å². The number of phenols is 1. The van der Waals surface area contributed by atoms with E-state index < -0.39 is 23.7 Å². The van der Waals surface area contributed by atoms with E-state index in [0.717, 1.165) is 0 Å². The number of amides is 1. The number of hydrogen-bond acceptors (Lipinski definition) is 7. The highest BCUT2D eigenvalue weighted by molar-refractivity contribution is 9.10. The number of hydrogen-bond donors (Lipinski definition) is 2. The second-order valence-corrected chi connectivity index (χ2v) is 9.15. The molecule has 1 aliphatic rings. The molecule has 1 saturated heterocycles. The molecular weight excluding hydrogens is 542 g/mol. The zero-order chi connectivity index (χ0) is 26.7. The van der Waals surface area contributed by atoms with Gasteiger partial charge in [0.15, 0.2) is 0 Å². The number of anilines is 1. The Balaban J connectivity index is 1.88. The summed E-state index contributed by atoms with van der Waals surface area (Å²) in [6.45, 7) is 2.13. The highest BCUT2D eigenvalue weighted by Gasteiger charge is 2.47. The van der Waals surface area contributed by atoms with Crippen LogP contribution in [0.3, 0.4) is 0 Å². The normalized spacial score (nSPS) is 16.6. The van der Waals surface area contributed by atoms with E-state index >= 15 is 0 Å². The van der Waals surface area contributed by atoms with Crippen LogP contribution < -0.4 is 9.64 Å². The van der Waals surface area contributed by atoms with Gasteiger partial charge < -0.3 is 19.7 Å². The molecule has 1 aliphatic heterocycles. The van der Waals surface area contributed by atoms with Gasteiger partial charge in [0.05, 0.1) is 35.4 Å². The molecule has 0 aromatic heterocycles. The van der Waals surface area contributed by atoms with Crippen molar-refractivity contribution >= 4 is 45.0 Å². The molecule has 1 heterocycles. The van der Waals surface area contributed by atoms with Crippen molar-refractivity contribution in [2.24, 2.45) is 0 Å². The summed E-state index contributed by atoms with van der Waals surface area (Å²) in [6.07, 6.45) is 0.655. The molecule has 0 bridgehead atoms. The van der Waals surface area contributed by atoms with Crippen molar-refractivity contribution in [1.82, 2.24) is 0 Å². The van der Waals surface area contributed by atoms with Crippen LogP contribution in [-0.2, 0) is 14.3 Å². The number of rotatable bonds is 7. The van der Waals surface area contributed by atoms with Gasteiger partial charge in [-0.25, -0.2) is 4.79 Å². The van der Waals surface area contributed by atoms with Crippen molar-refractivity contribution in [1.29, 1.82) is 0 Å². The lowest BCUT2D eigenvalue weighted by molar-refractivity contribution is -0.132. The van der Waals surface area contributed by atoms with E-state index in [0.29, 0.717) is 27.8 Å². The van der Waals surface area contributed by atoms with Crippen LogP contribution in [0.25, 0.3) is 5.76 Å². The fourth-order valence-electron chi connectivity index (χ4n) is 4.10. The van der Waals surface area contributed by atoms with Crippen LogP contribution >= 0.6 is 15.9 Å². The molecule has 3 aromatic carbocycles. The van der Waals surface area contributed by atoms with E-state index in [1.807, 2.05) is 6.92 Å². The number of benzene rings is 3. The molecule has 0 radical (unpaired) electrons. The Kier molecular flexibility index (Phi) is 7.63. The number of carbonyl (C=O) groups is 3. The van der Waals surface area contributed by atoms with Crippen molar-refractivity contribution in [3.8, 4) is 11.5 Å². The average Bonchev–Trinajstić information content (AvgIpc) is 3.17. The van der Waals surface area contributed by atoms with Gasteiger partial charge in [-0.15, -0.1) is 0 Å². The van der Waals surface area contributed by atoms with Crippen LogP contribution in [0.5, 0.6) is 11.5 Å². The predicted molar refractivity (Wildman–Crippen MR) is 141 cm³/mol. The van der Waals surface area contributed by atoms with Gasteiger partial charge in [-0.1, -0.05) is 25.1 Å². The number of aliphatic hydroxyl groups excluding tert-OH is 1. The van der Waals surface area contributed by atoms with E-state index in [1.165, 1.54) is 30.2 Å². The van der Waals surface area contributed by atoms with Crippen molar-refractivity contribution < 1.29 is 34.1 Å². The number of carbonyl (C=O) groups excluding carboxylic acids is 3. The third-order valence-corrected chi connectivity index (χ3v) is 6.50. The van der Waals surface area contributed by atoms with Crippen molar-refractivity contribution in [2.45, 2.75) is 19.4 Å². The van der Waals surface area contributed by atoms with E-state index in [9.17, 15) is 24.6 Å². The number of phenolic OH excluding ortho intramolecular Hbond substituents is 1. The maximum atomic E-state index is 13.4. The third kappa shape index (κ3) is 5.08. The lowest BCUT2D eigenvalue weighted by Crippen LogP contribution is -2.29. The van der Waals surface area contributed by atoms with Gasteiger partial charge in [-0.3, -0.25) is 14.5 Å². The SMILES string of the molecule is CCCOC(=O)c1cccc(N2C(=O)C(=O)/C(=C(/O)c3ccc(OC)c(Br)c3)C2c2ccc(O)cc2)c1. The highest BCUT2D eigenvalue weighted by Crippen LogP contribution is 2.43. The van der Waals surface area contributed by atoms with Gasteiger partial charge in [0.25, 0.3) is 11.7 Å². The molecule has 37 heavy (non-hydrogen) atoms. The van der Waals surface area contributed by atoms with Crippen LogP contribution in [-0.4, -0.2) is 41.6 Å². The fraction of sp³-hybridized carbons (Fsp3) is 0.179. The monoisotopic (exact) mass is 565 g/mol. The van der Waals surface area contributed by atoms with Crippen LogP contribution in [0.15, 0.2) is 76.8 Å². The quantitative estimate of drug-likeness (QED) is 0.171. The second kappa shape index (κ2) is 10.9. The molecule has 1 amide bonds. The zero-order valence-corrected chi connectivity index (χ0v) is 21.7. The molecule has 8 nitrogen and oxygen atoms in total. The first kappa shape index (κ1) is 26.0. The van der Waals surface area contributed by atoms with Gasteiger partial charge in [0.2, 0.25) is 0 Å². The largest absolute Gasteiger partial charge is 0.508 e. The molecule has 0 aliphatic carbocycles. The van der Waals surface area contributed by atoms with Gasteiger partial charge in [-0.2, -0.15) is 0 Å². The van der Waals surface area contributed by atoms with Crippen LogP contribution in [0.1, 0.15) is 40.9 Å². The van der Waals surface area contributed by atoms with E-state index in [4.69, 9.17) is 9.47 Å². The molecular formula is C28H24BrNO7. The van der Waals surface area contributed by atoms with Crippen molar-refractivity contribution in [3.05, 3.63) is 93.5 Å². The highest BCUT2D eigenvalue weighted by atomic mass is 79.9. The summed E-state index contributed by atoms with van der Waals surface area (Å²) >= 11 is 3.37. The number of aromatic hydroxyl groups is 1. The maximum Gasteiger partial charge on any atom is 0.338 e. The number of methoxy groups -OCH3 is 1. The summed E-state index contributed by atoms with van der Waals surface area (Å²) in [4.78, 5) is 40.4. The minimum atomic E-state index is -1.02. The molecule has 9 heteroatoms. The molecule has 190 valence electrons. The molecule has 4 rings (SSSR count). The summed E-state index contributed by atoms with van der Waals surface area (Å²) < 4.78 is 11.0. The van der Waals surface area contributed by atoms with Gasteiger partial charge >= 0.3 is 5.97 Å². The van der Waals surface area contributed by atoms with Crippen molar-refractivity contribution in [3.63, 3.8) is 0 Å². The van der Waals surface area contributed by atoms with Gasteiger partial charge in [0.1, 0.15) is 17.3 Å². The standard InChI is InChI=1S/C28H24BrNO7/c1-3-13-37-28(35)18-5-4-6-19(14-18)30-24(16-7-10-20(31)11-8-16)23(26(33)27(30)34)25(32)17-9-12-22(36-2)21(29)15-17/h4-12,14-15,24,31-32H,3,13H2,1-2H3/b25-23+. The average molecular weight is 566 g/mol. The van der Waals surface area contributed by atoms with Crippen LogP contribution in [0.2, 0.25) is 0 Å². The number of esters is 1. The summed E-state index contributed by atoms with van der Waals surface area (Å²) in [6, 6.07) is 16.0. The Bertz CT molecular complexity index is 1400. The number of nitrogens with zero attached hydrogens (tertiary/aromatic N) is 1. The molecule has 1 atom stereocenters. The second-order valence-electron chi connectivity index (χ2n) is 8.30. The Morgan fingerprint density at radius 1 is 1.03 bits per heavy atom. The Hall–Kier alpha value is -4.11. The lowest BCUT2D eigenvalue weighted by Gasteiger charge is -2.26. The van der Waals surface area contributed by atoms with Gasteiger partial charge in [0, 0.05) is 11.3 Å². The number of ketones is 1. The molecule has 0 saturated carbocycles. The summed E-state index contributed by atoms with van der Waals surface area (Å²) in [5, 5.41) is 21.1. The maximum absolute atomic E-state index is 13.4. The lowest BCUT2D eigenvalue weighted by atomic mass is 9.95. The fourth-order valence-corrected chi connectivity index (χ4v) is 4.64. The van der Waals surface area contributed by atoms with Crippen LogP contribution in [0.4, 0.5) is 5.69 Å². The summed E-state index contributed by atoms with van der Waals surface area (Å²) in [5.41, 5.74) is 1.14. The smallest absolute Gasteiger partial charge is 0.338 e. The number of halogens is 1. The van der Waals surface area contributed by atoms with E-state index in [1.54, 1.807) is 48.5 Å². The number of ether oxygens (including phenoxy) is 2. The first-order valence-corrected chi connectivity index (χ1v) is 12.3. The molecule has 1 unspecified atom stereocenters. The summed E-state index contributed by atoms with van der Waals surface area (Å²) in [5.74, 6) is -2.16. The first-order valence-electron chi connectivity index (χ1n) is 11.5. The molecule has 1 fully saturated rings. The molecule has 0 spiro atoms. The zero-order valence-electron chi connectivity index (χ0n) is 20.1. The third-order valence-electron chi connectivity index (χ3n) is 5.88. The molecule has 3 aromatic rings. The molecule has 2 N–H and O–H groups in total. The Labute approximate surface area is 221 Å². The van der Waals surface area contributed by atoms with Crippen LogP contribution in [0, 0.1) is 0 Å². The first-order chi connectivity index (χ1) is 17.8. The summed E-state index contributed by atoms with van der Waals surface area (Å²) in [7, 11) is 1.50. The topological polar surface area (TPSA) is 113 Å². The minimum absolute atomic E-state index is 0.000420. The Morgan fingerprint density at radius 2 is 1.76 bits per heavy atom. The number of Topliss-reactive ketones (excluding diaryl/α,β-unsaturated/α-hetero) is 1. The Morgan fingerprint density at radius 3 is 2.41 bits per heavy atom. The van der Waals surface area contributed by atoms with Crippen molar-refractivity contribution in [2.75, 3.05) is 18.6 Å². The minimum Gasteiger partial charge on any atom is -0.508 e. The predicted octanol–water partition coefficient (Wildman–Crippen LogP) is 5.36. The number of aliphatic hydroxyl groups is 1. The van der Waals surface area contributed by atoms with Gasteiger partial charge in [-0.05, 0) is 76.4 Å². The van der Waals surface area contributed by atoms with E-state index in [2.05, 4.69) is 15.9 Å².